The van der Waals surface area contributed by atoms with E-state index >= 15 is 0 Å². The molecule has 5 nitrogen and oxygen atoms in total. The average molecular weight is 419 g/mol. The maximum absolute atomic E-state index is 12.3. The summed E-state index contributed by atoms with van der Waals surface area (Å²) >= 11 is 0. The molecule has 8 heteroatoms. The summed E-state index contributed by atoms with van der Waals surface area (Å²) < 4.78 is 46.9. The fraction of sp³-hybridized carbons (Fsp3) is 0.318. The Labute approximate surface area is 174 Å². The molecule has 0 aliphatic rings. The molecule has 2 aromatic rings. The predicted molar refractivity (Wildman–Crippen MR) is 112 cm³/mol. The summed E-state index contributed by atoms with van der Waals surface area (Å²) in [5, 5.41) is 0. The third-order valence-corrected chi connectivity index (χ3v) is 4.54. The first kappa shape index (κ1) is 23.3. The van der Waals surface area contributed by atoms with Gasteiger partial charge in [0.2, 0.25) is 0 Å². The monoisotopic (exact) mass is 419 g/mol. The van der Waals surface area contributed by atoms with Crippen LogP contribution in [-0.4, -0.2) is 31.0 Å². The van der Waals surface area contributed by atoms with Crippen LogP contribution < -0.4 is 4.74 Å². The topological polar surface area (TPSA) is 56.1 Å². The summed E-state index contributed by atoms with van der Waals surface area (Å²) in [5.74, 6) is -0.271. The molecule has 1 heterocycles. The molecule has 0 saturated carbocycles. The number of hydrogen-bond acceptors (Lipinski definition) is 4. The lowest BCUT2D eigenvalue weighted by molar-refractivity contribution is -0.274. The highest BCUT2D eigenvalue weighted by Gasteiger charge is 2.35. The van der Waals surface area contributed by atoms with Gasteiger partial charge in [-0.3, -0.25) is 9.98 Å². The van der Waals surface area contributed by atoms with Gasteiger partial charge in [-0.2, -0.15) is 0 Å². The van der Waals surface area contributed by atoms with Crippen molar-refractivity contribution in [3.05, 3.63) is 60.1 Å². The zero-order valence-corrected chi connectivity index (χ0v) is 17.1. The van der Waals surface area contributed by atoms with Crippen molar-refractivity contribution in [3.8, 4) is 16.9 Å². The van der Waals surface area contributed by atoms with Crippen molar-refractivity contribution < 1.29 is 22.6 Å². The highest BCUT2D eigenvalue weighted by atomic mass is 19.4. The molecule has 0 saturated heterocycles. The number of alkyl halides is 3. The second-order valence-corrected chi connectivity index (χ2v) is 6.38. The van der Waals surface area contributed by atoms with E-state index in [1.807, 2.05) is 32.9 Å². The van der Waals surface area contributed by atoms with E-state index in [4.69, 9.17) is 4.74 Å². The lowest BCUT2D eigenvalue weighted by Gasteiger charge is -2.33. The normalized spacial score (nSPS) is 14.5. The molecule has 0 amide bonds. The van der Waals surface area contributed by atoms with Crippen LogP contribution in [0.3, 0.4) is 0 Å². The summed E-state index contributed by atoms with van der Waals surface area (Å²) in [4.78, 5) is 12.3. The molecule has 0 aliphatic heterocycles. The molecule has 0 N–H and O–H groups in total. The van der Waals surface area contributed by atoms with E-state index in [-0.39, 0.29) is 5.75 Å². The van der Waals surface area contributed by atoms with Crippen LogP contribution in [0, 0.1) is 0 Å². The van der Waals surface area contributed by atoms with Crippen LogP contribution in [-0.2, 0) is 10.3 Å². The molecule has 0 spiro atoms. The predicted octanol–water partition coefficient (Wildman–Crippen LogP) is 5.92. The van der Waals surface area contributed by atoms with Gasteiger partial charge in [-0.05, 0) is 56.3 Å². The average Bonchev–Trinajstić information content (AvgIpc) is 2.72. The Hall–Kier alpha value is -3.00. The van der Waals surface area contributed by atoms with Gasteiger partial charge in [0.05, 0.1) is 5.69 Å². The Balaban J connectivity index is 2.33. The van der Waals surface area contributed by atoms with E-state index in [1.54, 1.807) is 24.5 Å². The summed E-state index contributed by atoms with van der Waals surface area (Å²) in [7, 11) is 0. The molecular weight excluding hydrogens is 395 g/mol. The summed E-state index contributed by atoms with van der Waals surface area (Å²) in [5.41, 5.74) is 2.30. The number of ether oxygens (including phenoxy) is 2. The minimum atomic E-state index is -4.72. The number of aromatic nitrogens is 1. The van der Waals surface area contributed by atoms with E-state index in [1.165, 1.54) is 18.5 Å². The van der Waals surface area contributed by atoms with Crippen LogP contribution in [0.2, 0.25) is 0 Å². The minimum absolute atomic E-state index is 0.271. The Kier molecular flexibility index (Phi) is 7.88. The minimum Gasteiger partial charge on any atom is -0.406 e. The van der Waals surface area contributed by atoms with Gasteiger partial charge >= 0.3 is 6.36 Å². The van der Waals surface area contributed by atoms with Crippen molar-refractivity contribution in [1.82, 2.24) is 4.98 Å². The number of halogens is 3. The third-order valence-electron chi connectivity index (χ3n) is 4.54. The van der Waals surface area contributed by atoms with E-state index in [0.29, 0.717) is 18.7 Å². The SMILES string of the molecule is C=NC=N/C=C(\C)C(CC)(OCC)c1ccc(-c2ccc(OC(F)(F)F)cc2)cn1. The van der Waals surface area contributed by atoms with Gasteiger partial charge < -0.3 is 9.47 Å². The Morgan fingerprint density at radius 2 is 1.77 bits per heavy atom. The fourth-order valence-corrected chi connectivity index (χ4v) is 3.15. The van der Waals surface area contributed by atoms with E-state index in [9.17, 15) is 13.2 Å². The van der Waals surface area contributed by atoms with Crippen molar-refractivity contribution in [2.45, 2.75) is 39.2 Å². The van der Waals surface area contributed by atoms with Gasteiger partial charge in [0.1, 0.15) is 17.7 Å². The first-order valence-corrected chi connectivity index (χ1v) is 9.37. The lowest BCUT2D eigenvalue weighted by Crippen LogP contribution is -2.31. The number of pyridine rings is 1. The molecule has 1 unspecified atom stereocenters. The third kappa shape index (κ3) is 5.76. The maximum atomic E-state index is 12.3. The van der Waals surface area contributed by atoms with Crippen LogP contribution in [0.4, 0.5) is 13.2 Å². The van der Waals surface area contributed by atoms with Gasteiger partial charge in [0.15, 0.2) is 0 Å². The molecule has 30 heavy (non-hydrogen) atoms. The quantitative estimate of drug-likeness (QED) is 0.374. The molecule has 1 aromatic carbocycles. The first-order chi connectivity index (χ1) is 14.3. The summed E-state index contributed by atoms with van der Waals surface area (Å²) in [6, 6.07) is 9.34. The van der Waals surface area contributed by atoms with Crippen LogP contribution >= 0.6 is 0 Å². The molecule has 0 aliphatic carbocycles. The Morgan fingerprint density at radius 1 is 1.10 bits per heavy atom. The van der Waals surface area contributed by atoms with Gasteiger partial charge in [-0.1, -0.05) is 25.1 Å². The molecule has 160 valence electrons. The number of rotatable bonds is 9. The fourth-order valence-electron chi connectivity index (χ4n) is 3.15. The van der Waals surface area contributed by atoms with Crippen molar-refractivity contribution in [3.63, 3.8) is 0 Å². The molecule has 1 atom stereocenters. The summed E-state index contributed by atoms with van der Waals surface area (Å²) in [6.07, 6.45) is 0.599. The number of nitrogens with zero attached hydrogens (tertiary/aromatic N) is 3. The van der Waals surface area contributed by atoms with Crippen LogP contribution in [0.25, 0.3) is 11.1 Å². The molecular formula is C22H24F3N3O2. The van der Waals surface area contributed by atoms with Crippen molar-refractivity contribution in [2.75, 3.05) is 6.61 Å². The van der Waals surface area contributed by atoms with Crippen molar-refractivity contribution in [2.24, 2.45) is 9.98 Å². The largest absolute Gasteiger partial charge is 0.573 e. The number of benzene rings is 1. The van der Waals surface area contributed by atoms with Gasteiger partial charge in [0.25, 0.3) is 0 Å². The molecule has 0 radical (unpaired) electrons. The van der Waals surface area contributed by atoms with Crippen molar-refractivity contribution in [1.29, 1.82) is 0 Å². The first-order valence-electron chi connectivity index (χ1n) is 9.37. The highest BCUT2D eigenvalue weighted by molar-refractivity contribution is 5.64. The molecule has 0 bridgehead atoms. The summed E-state index contributed by atoms with van der Waals surface area (Å²) in [6.45, 7) is 9.66. The molecule has 2 rings (SSSR count). The second kappa shape index (κ2) is 10.2. The Morgan fingerprint density at radius 3 is 2.27 bits per heavy atom. The zero-order chi connectivity index (χ0) is 22.2. The Bertz CT molecular complexity index is 891. The van der Waals surface area contributed by atoms with Crippen LogP contribution in [0.15, 0.2) is 64.4 Å². The van der Waals surface area contributed by atoms with E-state index in [0.717, 1.165) is 16.7 Å². The molecule has 1 aromatic heterocycles. The maximum Gasteiger partial charge on any atom is 0.573 e. The standard InChI is InChI=1S/C22H24F3N3O2/c1-5-21(29-6-2,16(3)13-27-15-26-4)20-12-9-18(14-28-20)17-7-10-19(11-8-17)30-22(23,24)25/h7-15H,4-6H2,1-3H3/b16-13+,27-15?. The van der Waals surface area contributed by atoms with E-state index in [2.05, 4.69) is 26.4 Å². The second-order valence-electron chi connectivity index (χ2n) is 6.38. The van der Waals surface area contributed by atoms with E-state index < -0.39 is 12.0 Å². The highest BCUT2D eigenvalue weighted by Crippen LogP contribution is 2.36. The lowest BCUT2D eigenvalue weighted by atomic mass is 9.87. The zero-order valence-electron chi connectivity index (χ0n) is 17.1. The van der Waals surface area contributed by atoms with Gasteiger partial charge in [-0.25, -0.2) is 4.99 Å². The van der Waals surface area contributed by atoms with Crippen molar-refractivity contribution >= 4 is 13.1 Å². The number of hydrogen-bond donors (Lipinski definition) is 0. The smallest absolute Gasteiger partial charge is 0.406 e. The number of aliphatic imine (C=N–C) groups is 2. The molecule has 0 fully saturated rings. The van der Waals surface area contributed by atoms with Crippen LogP contribution in [0.1, 0.15) is 32.9 Å². The van der Waals surface area contributed by atoms with Gasteiger partial charge in [-0.15, -0.1) is 13.2 Å². The van der Waals surface area contributed by atoms with Gasteiger partial charge in [0, 0.05) is 24.6 Å². The van der Waals surface area contributed by atoms with Crippen LogP contribution in [0.5, 0.6) is 5.75 Å².